The van der Waals surface area contributed by atoms with Crippen molar-refractivity contribution in [3.05, 3.63) is 0 Å². The topological polar surface area (TPSA) is 52.6 Å². The summed E-state index contributed by atoms with van der Waals surface area (Å²) < 4.78 is 11.1. The number of hydrogen-bond acceptors (Lipinski definition) is 4. The first-order valence-electron chi connectivity index (χ1n) is 8.78. The van der Waals surface area contributed by atoms with Crippen molar-refractivity contribution in [2.24, 2.45) is 11.8 Å². The maximum absolute atomic E-state index is 12.2. The molecule has 4 nitrogen and oxygen atoms in total. The Balaban J connectivity index is 1.74. The standard InChI is InChI=1S/C18H30O4/c1-18(2,3)22-17(20)14-11-9-13(10-12-14)16(19)21-15-7-5-4-6-8-15/h13-15H,4-12H2,1-3H3. The molecule has 22 heavy (non-hydrogen) atoms. The van der Waals surface area contributed by atoms with Crippen molar-refractivity contribution >= 4 is 11.9 Å². The molecule has 0 aliphatic heterocycles. The molecular formula is C18H30O4. The number of carbonyl (C=O) groups excluding carboxylic acids is 2. The van der Waals surface area contributed by atoms with Gasteiger partial charge in [0.05, 0.1) is 11.8 Å². The van der Waals surface area contributed by atoms with E-state index >= 15 is 0 Å². The third-order valence-corrected chi connectivity index (χ3v) is 4.64. The average molecular weight is 310 g/mol. The Labute approximate surface area is 133 Å². The highest BCUT2D eigenvalue weighted by atomic mass is 16.6. The van der Waals surface area contributed by atoms with Gasteiger partial charge in [-0.15, -0.1) is 0 Å². The van der Waals surface area contributed by atoms with Gasteiger partial charge < -0.3 is 9.47 Å². The minimum atomic E-state index is -0.437. The number of carbonyl (C=O) groups is 2. The van der Waals surface area contributed by atoms with Gasteiger partial charge in [0.25, 0.3) is 0 Å². The zero-order chi connectivity index (χ0) is 16.2. The molecule has 2 saturated carbocycles. The van der Waals surface area contributed by atoms with Crippen LogP contribution < -0.4 is 0 Å². The number of ether oxygens (including phenoxy) is 2. The van der Waals surface area contributed by atoms with Crippen molar-refractivity contribution in [1.82, 2.24) is 0 Å². The van der Waals surface area contributed by atoms with Gasteiger partial charge in [-0.1, -0.05) is 6.42 Å². The lowest BCUT2D eigenvalue weighted by molar-refractivity contribution is -0.165. The van der Waals surface area contributed by atoms with E-state index in [0.717, 1.165) is 38.5 Å². The highest BCUT2D eigenvalue weighted by Crippen LogP contribution is 2.32. The van der Waals surface area contributed by atoms with E-state index in [1.807, 2.05) is 20.8 Å². The zero-order valence-electron chi connectivity index (χ0n) is 14.2. The maximum atomic E-state index is 12.2. The van der Waals surface area contributed by atoms with Gasteiger partial charge in [0.15, 0.2) is 0 Å². The Morgan fingerprint density at radius 1 is 0.773 bits per heavy atom. The number of rotatable bonds is 3. The van der Waals surface area contributed by atoms with Crippen LogP contribution in [0.2, 0.25) is 0 Å². The van der Waals surface area contributed by atoms with Gasteiger partial charge in [0.1, 0.15) is 11.7 Å². The van der Waals surface area contributed by atoms with Gasteiger partial charge in [-0.2, -0.15) is 0 Å². The summed E-state index contributed by atoms with van der Waals surface area (Å²) in [6, 6.07) is 0. The van der Waals surface area contributed by atoms with Crippen molar-refractivity contribution in [3.8, 4) is 0 Å². The molecule has 126 valence electrons. The van der Waals surface area contributed by atoms with Crippen LogP contribution in [0.3, 0.4) is 0 Å². The number of esters is 2. The maximum Gasteiger partial charge on any atom is 0.309 e. The van der Waals surface area contributed by atoms with Crippen molar-refractivity contribution in [1.29, 1.82) is 0 Å². The molecule has 2 rings (SSSR count). The zero-order valence-corrected chi connectivity index (χ0v) is 14.2. The lowest BCUT2D eigenvalue weighted by Crippen LogP contribution is -2.33. The third kappa shape index (κ3) is 5.29. The molecule has 0 aromatic heterocycles. The quantitative estimate of drug-likeness (QED) is 0.739. The fourth-order valence-corrected chi connectivity index (χ4v) is 3.39. The van der Waals surface area contributed by atoms with Gasteiger partial charge in [-0.3, -0.25) is 9.59 Å². The van der Waals surface area contributed by atoms with Gasteiger partial charge in [-0.25, -0.2) is 0 Å². The van der Waals surface area contributed by atoms with Gasteiger partial charge >= 0.3 is 11.9 Å². The molecule has 0 aromatic carbocycles. The van der Waals surface area contributed by atoms with Crippen molar-refractivity contribution in [2.45, 2.75) is 90.3 Å². The van der Waals surface area contributed by atoms with E-state index in [0.29, 0.717) is 0 Å². The Morgan fingerprint density at radius 3 is 1.77 bits per heavy atom. The molecule has 0 radical (unpaired) electrons. The van der Waals surface area contributed by atoms with E-state index in [1.165, 1.54) is 19.3 Å². The van der Waals surface area contributed by atoms with Gasteiger partial charge in [-0.05, 0) is 72.1 Å². The van der Waals surface area contributed by atoms with Gasteiger partial charge in [0.2, 0.25) is 0 Å². The minimum Gasteiger partial charge on any atom is -0.462 e. The van der Waals surface area contributed by atoms with Crippen molar-refractivity contribution in [3.63, 3.8) is 0 Å². The molecular weight excluding hydrogens is 280 g/mol. The summed E-state index contributed by atoms with van der Waals surface area (Å²) in [5.41, 5.74) is -0.437. The second-order valence-electron chi connectivity index (χ2n) is 7.78. The van der Waals surface area contributed by atoms with Crippen LogP contribution in [0.4, 0.5) is 0 Å². The average Bonchev–Trinajstić information content (AvgIpc) is 2.46. The molecule has 0 N–H and O–H groups in total. The normalized spacial score (nSPS) is 27.2. The molecule has 0 atom stereocenters. The first-order chi connectivity index (χ1) is 10.3. The highest BCUT2D eigenvalue weighted by Gasteiger charge is 2.34. The molecule has 2 fully saturated rings. The van der Waals surface area contributed by atoms with Gasteiger partial charge in [0, 0.05) is 0 Å². The van der Waals surface area contributed by atoms with E-state index in [-0.39, 0.29) is 29.9 Å². The Morgan fingerprint density at radius 2 is 1.27 bits per heavy atom. The van der Waals surface area contributed by atoms with Crippen LogP contribution in [0.25, 0.3) is 0 Å². The monoisotopic (exact) mass is 310 g/mol. The first kappa shape index (κ1) is 17.3. The third-order valence-electron chi connectivity index (χ3n) is 4.64. The molecule has 0 spiro atoms. The fourth-order valence-electron chi connectivity index (χ4n) is 3.39. The molecule has 0 bridgehead atoms. The summed E-state index contributed by atoms with van der Waals surface area (Å²) in [5, 5.41) is 0. The lowest BCUT2D eigenvalue weighted by atomic mass is 9.82. The summed E-state index contributed by atoms with van der Waals surface area (Å²) in [5.74, 6) is -0.250. The molecule has 0 amide bonds. The molecule has 0 heterocycles. The lowest BCUT2D eigenvalue weighted by Gasteiger charge is -2.30. The summed E-state index contributed by atoms with van der Waals surface area (Å²) in [7, 11) is 0. The molecule has 0 aromatic rings. The van der Waals surface area contributed by atoms with E-state index in [9.17, 15) is 9.59 Å². The van der Waals surface area contributed by atoms with Crippen LogP contribution in [0.15, 0.2) is 0 Å². The van der Waals surface area contributed by atoms with E-state index in [4.69, 9.17) is 9.47 Å². The molecule has 2 aliphatic carbocycles. The van der Waals surface area contributed by atoms with Crippen LogP contribution in [0.5, 0.6) is 0 Å². The van der Waals surface area contributed by atoms with Crippen LogP contribution in [0.1, 0.15) is 78.6 Å². The predicted molar refractivity (Wildman–Crippen MR) is 84.3 cm³/mol. The first-order valence-corrected chi connectivity index (χ1v) is 8.78. The van der Waals surface area contributed by atoms with Crippen LogP contribution in [-0.2, 0) is 19.1 Å². The summed E-state index contributed by atoms with van der Waals surface area (Å²) in [4.78, 5) is 24.3. The summed E-state index contributed by atoms with van der Waals surface area (Å²) >= 11 is 0. The van der Waals surface area contributed by atoms with Crippen LogP contribution >= 0.6 is 0 Å². The Hall–Kier alpha value is -1.06. The largest absolute Gasteiger partial charge is 0.462 e. The fraction of sp³-hybridized carbons (Fsp3) is 0.889. The second-order valence-corrected chi connectivity index (χ2v) is 7.78. The molecule has 0 saturated heterocycles. The predicted octanol–water partition coefficient (Wildman–Crippen LogP) is 4.01. The second kappa shape index (κ2) is 7.47. The van der Waals surface area contributed by atoms with Crippen LogP contribution in [-0.4, -0.2) is 23.6 Å². The highest BCUT2D eigenvalue weighted by molar-refractivity contribution is 5.75. The van der Waals surface area contributed by atoms with Crippen molar-refractivity contribution in [2.75, 3.05) is 0 Å². The minimum absolute atomic E-state index is 0.0272. The Kier molecular flexibility index (Phi) is 5.87. The number of hydrogen-bond donors (Lipinski definition) is 0. The van der Waals surface area contributed by atoms with E-state index in [2.05, 4.69) is 0 Å². The molecule has 0 unspecified atom stereocenters. The van der Waals surface area contributed by atoms with E-state index in [1.54, 1.807) is 0 Å². The SMILES string of the molecule is CC(C)(C)OC(=O)C1CCC(C(=O)OC2CCCCC2)CC1. The van der Waals surface area contributed by atoms with Crippen LogP contribution in [0, 0.1) is 11.8 Å². The molecule has 4 heteroatoms. The molecule has 2 aliphatic rings. The van der Waals surface area contributed by atoms with Crippen molar-refractivity contribution < 1.29 is 19.1 Å². The smallest absolute Gasteiger partial charge is 0.309 e. The van der Waals surface area contributed by atoms with E-state index < -0.39 is 5.60 Å². The summed E-state index contributed by atoms with van der Waals surface area (Å²) in [6.07, 6.45) is 8.72. The Bertz CT molecular complexity index is 382. The summed E-state index contributed by atoms with van der Waals surface area (Å²) in [6.45, 7) is 5.66.